The van der Waals surface area contributed by atoms with Gasteiger partial charge in [0.15, 0.2) is 0 Å². The first kappa shape index (κ1) is 10.8. The van der Waals surface area contributed by atoms with E-state index in [-0.39, 0.29) is 0 Å². The van der Waals surface area contributed by atoms with Gasteiger partial charge in [-0.1, -0.05) is 12.2 Å². The molecular weight excluding hydrogens is 208 g/mol. The quantitative estimate of drug-likeness (QED) is 0.802. The van der Waals surface area contributed by atoms with Gasteiger partial charge in [-0.25, -0.2) is 4.98 Å². The molecule has 1 aromatic rings. The number of nitrogens with zero attached hydrogens (tertiary/aromatic N) is 1. The van der Waals surface area contributed by atoms with Crippen LogP contribution in [0.25, 0.3) is 0 Å². The molecule has 82 valence electrons. The molecule has 4 heteroatoms. The van der Waals surface area contributed by atoms with Gasteiger partial charge in [-0.15, -0.1) is 0 Å². The second-order valence-corrected chi connectivity index (χ2v) is 4.93. The topological polar surface area (TPSA) is 37.9 Å². The van der Waals surface area contributed by atoms with Crippen LogP contribution in [0.3, 0.4) is 0 Å². The van der Waals surface area contributed by atoms with Crippen molar-refractivity contribution in [2.75, 3.05) is 7.11 Å². The van der Waals surface area contributed by atoms with Crippen LogP contribution >= 0.6 is 12.2 Å². The Morgan fingerprint density at radius 3 is 2.73 bits per heavy atom. The lowest BCUT2D eigenvalue weighted by atomic mass is 10.1. The molecule has 1 saturated carbocycles. The van der Waals surface area contributed by atoms with Gasteiger partial charge < -0.3 is 9.72 Å². The highest BCUT2D eigenvalue weighted by molar-refractivity contribution is 7.71. The van der Waals surface area contributed by atoms with Crippen LogP contribution in [0.4, 0.5) is 0 Å². The van der Waals surface area contributed by atoms with Crippen LogP contribution in [0.5, 0.6) is 0 Å². The van der Waals surface area contributed by atoms with Gasteiger partial charge in [0.25, 0.3) is 0 Å². The number of ether oxygens (including phenoxy) is 1. The monoisotopic (exact) mass is 224 g/mol. The number of H-pyrrole nitrogens is 1. The van der Waals surface area contributed by atoms with Crippen LogP contribution in [0.2, 0.25) is 0 Å². The second-order valence-electron chi connectivity index (χ2n) is 4.51. The van der Waals surface area contributed by atoms with Crippen LogP contribution in [0.1, 0.15) is 44.1 Å². The number of methoxy groups -OCH3 is 1. The molecule has 1 fully saturated rings. The Morgan fingerprint density at radius 2 is 2.20 bits per heavy atom. The zero-order valence-electron chi connectivity index (χ0n) is 9.33. The molecule has 2 rings (SSSR count). The van der Waals surface area contributed by atoms with E-state index in [2.05, 4.69) is 9.97 Å². The predicted octanol–water partition coefficient (Wildman–Crippen LogP) is 2.90. The van der Waals surface area contributed by atoms with Crippen molar-refractivity contribution in [1.82, 2.24) is 9.97 Å². The molecule has 0 radical (unpaired) electrons. The van der Waals surface area contributed by atoms with Crippen molar-refractivity contribution >= 4 is 12.2 Å². The van der Waals surface area contributed by atoms with Gasteiger partial charge in [-0.3, -0.25) is 0 Å². The van der Waals surface area contributed by atoms with E-state index in [0.717, 1.165) is 5.82 Å². The third kappa shape index (κ3) is 2.26. The standard InChI is InChI=1S/C11H16N2OS/c1-11(2,14-3)10-12-8(7-4-5-7)6-9(15)13-10/h6-7H,4-5H2,1-3H3,(H,12,13,15). The highest BCUT2D eigenvalue weighted by atomic mass is 32.1. The van der Waals surface area contributed by atoms with E-state index in [1.54, 1.807) is 7.11 Å². The molecule has 0 amide bonds. The Hall–Kier alpha value is -0.740. The average molecular weight is 224 g/mol. The van der Waals surface area contributed by atoms with Gasteiger partial charge >= 0.3 is 0 Å². The van der Waals surface area contributed by atoms with E-state index in [0.29, 0.717) is 10.6 Å². The van der Waals surface area contributed by atoms with Crippen molar-refractivity contribution in [3.8, 4) is 0 Å². The summed E-state index contributed by atoms with van der Waals surface area (Å²) < 4.78 is 6.04. The van der Waals surface area contributed by atoms with E-state index in [1.165, 1.54) is 18.5 Å². The minimum Gasteiger partial charge on any atom is -0.371 e. The average Bonchev–Trinajstić information content (AvgIpc) is 3.00. The molecule has 15 heavy (non-hydrogen) atoms. The Balaban J connectivity index is 2.43. The van der Waals surface area contributed by atoms with Gasteiger partial charge in [0, 0.05) is 12.8 Å². The normalized spacial score (nSPS) is 16.7. The summed E-state index contributed by atoms with van der Waals surface area (Å²) in [6.45, 7) is 3.97. The first-order valence-corrected chi connectivity index (χ1v) is 5.60. The number of aromatic amines is 1. The third-order valence-corrected chi connectivity index (χ3v) is 3.07. The zero-order valence-corrected chi connectivity index (χ0v) is 10.1. The summed E-state index contributed by atoms with van der Waals surface area (Å²) >= 11 is 5.16. The first-order valence-electron chi connectivity index (χ1n) is 5.20. The molecule has 1 aliphatic carbocycles. The summed E-state index contributed by atoms with van der Waals surface area (Å²) in [5, 5.41) is 0. The predicted molar refractivity (Wildman–Crippen MR) is 61.4 cm³/mol. The number of hydrogen-bond acceptors (Lipinski definition) is 3. The van der Waals surface area contributed by atoms with Crippen LogP contribution in [0, 0.1) is 4.64 Å². The molecule has 1 N–H and O–H groups in total. The largest absolute Gasteiger partial charge is 0.371 e. The lowest BCUT2D eigenvalue weighted by Gasteiger charge is -2.22. The fourth-order valence-corrected chi connectivity index (χ4v) is 1.69. The highest BCUT2D eigenvalue weighted by Crippen LogP contribution is 2.39. The smallest absolute Gasteiger partial charge is 0.139 e. The molecule has 0 atom stereocenters. The van der Waals surface area contributed by atoms with Gasteiger partial charge in [-0.05, 0) is 38.7 Å². The Bertz CT molecular complexity index is 421. The molecule has 1 aromatic heterocycles. The van der Waals surface area contributed by atoms with Crippen molar-refractivity contribution in [3.63, 3.8) is 0 Å². The van der Waals surface area contributed by atoms with E-state index in [4.69, 9.17) is 17.0 Å². The molecular formula is C11H16N2OS. The summed E-state index contributed by atoms with van der Waals surface area (Å²) in [6.07, 6.45) is 2.50. The maximum absolute atomic E-state index is 5.39. The third-order valence-electron chi connectivity index (χ3n) is 2.86. The second kappa shape index (κ2) is 3.68. The summed E-state index contributed by atoms with van der Waals surface area (Å²) in [5.74, 6) is 1.47. The number of rotatable bonds is 3. The van der Waals surface area contributed by atoms with E-state index < -0.39 is 5.60 Å². The van der Waals surface area contributed by atoms with Gasteiger partial charge in [0.2, 0.25) is 0 Å². The highest BCUT2D eigenvalue weighted by Gasteiger charge is 2.28. The van der Waals surface area contributed by atoms with Crippen molar-refractivity contribution < 1.29 is 4.74 Å². The lowest BCUT2D eigenvalue weighted by molar-refractivity contribution is 0.0112. The van der Waals surface area contributed by atoms with E-state index in [1.807, 2.05) is 19.9 Å². The van der Waals surface area contributed by atoms with Crippen LogP contribution in [0.15, 0.2) is 6.07 Å². The van der Waals surface area contributed by atoms with Gasteiger partial charge in [0.05, 0.1) is 0 Å². The number of aromatic nitrogens is 2. The summed E-state index contributed by atoms with van der Waals surface area (Å²) in [4.78, 5) is 7.66. The number of hydrogen-bond donors (Lipinski definition) is 1. The van der Waals surface area contributed by atoms with Crippen LogP contribution < -0.4 is 0 Å². The van der Waals surface area contributed by atoms with Crippen molar-refractivity contribution in [2.45, 2.75) is 38.2 Å². The van der Waals surface area contributed by atoms with Crippen LogP contribution in [-0.2, 0) is 10.3 Å². The molecule has 0 aromatic carbocycles. The molecule has 0 saturated heterocycles. The summed E-state index contributed by atoms with van der Waals surface area (Å²) in [5.41, 5.74) is 0.800. The summed E-state index contributed by atoms with van der Waals surface area (Å²) in [7, 11) is 1.68. The molecule has 1 aliphatic rings. The molecule has 1 heterocycles. The van der Waals surface area contributed by atoms with E-state index in [9.17, 15) is 0 Å². The zero-order chi connectivity index (χ0) is 11.1. The molecule has 3 nitrogen and oxygen atoms in total. The molecule has 0 bridgehead atoms. The maximum atomic E-state index is 5.39. The first-order chi connectivity index (χ1) is 7.03. The Morgan fingerprint density at radius 1 is 1.53 bits per heavy atom. The SMILES string of the molecule is COC(C)(C)c1nc(=S)cc(C2CC2)[nH]1. The van der Waals surface area contributed by atoms with Crippen LogP contribution in [-0.4, -0.2) is 17.1 Å². The minimum atomic E-state index is -0.404. The van der Waals surface area contributed by atoms with Gasteiger partial charge in [-0.2, -0.15) is 0 Å². The number of nitrogens with one attached hydrogen (secondary N) is 1. The molecule has 0 spiro atoms. The van der Waals surface area contributed by atoms with Crippen molar-refractivity contribution in [1.29, 1.82) is 0 Å². The molecule has 0 aliphatic heterocycles. The maximum Gasteiger partial charge on any atom is 0.139 e. The van der Waals surface area contributed by atoms with Crippen molar-refractivity contribution in [2.24, 2.45) is 0 Å². The van der Waals surface area contributed by atoms with E-state index >= 15 is 0 Å². The summed E-state index contributed by atoms with van der Waals surface area (Å²) in [6, 6.07) is 1.96. The fourth-order valence-electron chi connectivity index (χ4n) is 1.47. The lowest BCUT2D eigenvalue weighted by Crippen LogP contribution is -2.23. The fraction of sp³-hybridized carbons (Fsp3) is 0.636. The Labute approximate surface area is 94.9 Å². The Kier molecular flexibility index (Phi) is 2.64. The molecule has 0 unspecified atom stereocenters. The minimum absolute atomic E-state index is 0.404. The van der Waals surface area contributed by atoms with Crippen molar-refractivity contribution in [3.05, 3.63) is 22.2 Å². The van der Waals surface area contributed by atoms with Gasteiger partial charge in [0.1, 0.15) is 16.1 Å².